The summed E-state index contributed by atoms with van der Waals surface area (Å²) >= 11 is 4.23. The summed E-state index contributed by atoms with van der Waals surface area (Å²) in [4.78, 5) is 3.89. The van der Waals surface area contributed by atoms with Gasteiger partial charge in [0.2, 0.25) is 0 Å². The summed E-state index contributed by atoms with van der Waals surface area (Å²) in [7, 11) is 0. The van der Waals surface area contributed by atoms with Crippen molar-refractivity contribution < 1.29 is 0 Å². The molecule has 4 heteroatoms. The van der Waals surface area contributed by atoms with Gasteiger partial charge >= 0.3 is 0 Å². The van der Waals surface area contributed by atoms with E-state index in [4.69, 9.17) is 5.26 Å². The van der Waals surface area contributed by atoms with Gasteiger partial charge in [-0.1, -0.05) is 0 Å². The Morgan fingerprint density at radius 3 is 2.93 bits per heavy atom. The van der Waals surface area contributed by atoms with Gasteiger partial charge in [0.05, 0.1) is 11.3 Å². The number of pyridine rings is 1. The number of nitrogens with one attached hydrogen (secondary N) is 1. The average Bonchev–Trinajstić information content (AvgIpc) is 2.18. The summed E-state index contributed by atoms with van der Waals surface area (Å²) in [5.41, 5.74) is 1.24. The van der Waals surface area contributed by atoms with E-state index in [-0.39, 0.29) is 5.54 Å². The van der Waals surface area contributed by atoms with Crippen LogP contribution in [0.2, 0.25) is 0 Å². The summed E-state index contributed by atoms with van der Waals surface area (Å²) in [5.74, 6) is 0.695. The molecule has 0 aliphatic rings. The van der Waals surface area contributed by atoms with E-state index in [0.29, 0.717) is 11.3 Å². The molecule has 0 fully saturated rings. The lowest BCUT2D eigenvalue weighted by Crippen LogP contribution is -2.33. The number of nitriles is 1. The molecule has 1 rings (SSSR count). The fraction of sp³-hybridized carbons (Fsp3) is 0.400. The molecular weight excluding hydrogens is 194 g/mol. The van der Waals surface area contributed by atoms with E-state index in [9.17, 15) is 0 Å². The highest BCUT2D eigenvalue weighted by Gasteiger charge is 2.16. The van der Waals surface area contributed by atoms with Crippen molar-refractivity contribution in [1.29, 1.82) is 5.26 Å². The molecule has 3 nitrogen and oxygen atoms in total. The zero-order valence-corrected chi connectivity index (χ0v) is 9.18. The summed E-state index contributed by atoms with van der Waals surface area (Å²) in [6, 6.07) is 3.89. The number of nitrogens with zero attached hydrogens (tertiary/aromatic N) is 2. The Hall–Kier alpha value is -1.21. The molecule has 0 atom stereocenters. The van der Waals surface area contributed by atoms with E-state index in [2.05, 4.69) is 29.0 Å². The van der Waals surface area contributed by atoms with Crippen LogP contribution < -0.4 is 5.32 Å². The molecule has 0 aromatic carbocycles. The molecule has 74 valence electrons. The first-order valence-electron chi connectivity index (χ1n) is 4.32. The maximum Gasteiger partial charge on any atom is 0.103 e. The summed E-state index contributed by atoms with van der Waals surface area (Å²) in [6.45, 7) is 4.06. The minimum absolute atomic E-state index is 0.129. The van der Waals surface area contributed by atoms with E-state index in [1.165, 1.54) is 0 Å². The van der Waals surface area contributed by atoms with Crippen LogP contribution in [0.25, 0.3) is 0 Å². The minimum atomic E-state index is -0.129. The first-order chi connectivity index (χ1) is 6.59. The van der Waals surface area contributed by atoms with Crippen LogP contribution in [-0.2, 0) is 0 Å². The predicted molar refractivity (Wildman–Crippen MR) is 60.5 cm³/mol. The van der Waals surface area contributed by atoms with Crippen LogP contribution in [0.5, 0.6) is 0 Å². The zero-order chi connectivity index (χ0) is 10.6. The third-order valence-electron chi connectivity index (χ3n) is 1.81. The molecule has 1 N–H and O–H groups in total. The number of thiol groups is 1. The summed E-state index contributed by atoms with van der Waals surface area (Å²) in [5, 5.41) is 12.1. The molecule has 0 spiro atoms. The second-order valence-corrected chi connectivity index (χ2v) is 4.02. The molecule has 0 aliphatic carbocycles. The number of anilines is 1. The maximum absolute atomic E-state index is 8.84. The topological polar surface area (TPSA) is 48.7 Å². The van der Waals surface area contributed by atoms with Gasteiger partial charge in [-0.25, -0.2) is 0 Å². The Bertz CT molecular complexity index is 355. The fourth-order valence-electron chi connectivity index (χ4n) is 0.997. The van der Waals surface area contributed by atoms with Crippen molar-refractivity contribution in [2.45, 2.75) is 19.4 Å². The van der Waals surface area contributed by atoms with Gasteiger partial charge < -0.3 is 5.32 Å². The number of hydrogen-bond donors (Lipinski definition) is 2. The Balaban J connectivity index is 2.92. The van der Waals surface area contributed by atoms with Gasteiger partial charge in [-0.2, -0.15) is 17.9 Å². The van der Waals surface area contributed by atoms with Crippen molar-refractivity contribution >= 4 is 18.3 Å². The quantitative estimate of drug-likeness (QED) is 0.746. The standard InChI is InChI=1S/C10H13N3S/c1-10(2,7-14)13-9-3-4-12-6-8(9)5-11/h3-4,6,14H,7H2,1-2H3,(H,12,13). The second-order valence-electron chi connectivity index (χ2n) is 3.70. The van der Waals surface area contributed by atoms with Gasteiger partial charge in [-0.3, -0.25) is 4.98 Å². The van der Waals surface area contributed by atoms with Crippen LogP contribution in [0.3, 0.4) is 0 Å². The lowest BCUT2D eigenvalue weighted by molar-refractivity contribution is 0.647. The van der Waals surface area contributed by atoms with Crippen LogP contribution in [-0.4, -0.2) is 16.3 Å². The van der Waals surface area contributed by atoms with E-state index < -0.39 is 0 Å². The van der Waals surface area contributed by atoms with Crippen molar-refractivity contribution in [1.82, 2.24) is 4.98 Å². The predicted octanol–water partition coefficient (Wildman–Crippen LogP) is 2.07. The lowest BCUT2D eigenvalue weighted by atomic mass is 10.1. The van der Waals surface area contributed by atoms with Gasteiger partial charge in [0.1, 0.15) is 6.07 Å². The van der Waals surface area contributed by atoms with Crippen LogP contribution in [0.4, 0.5) is 5.69 Å². The first kappa shape index (κ1) is 10.9. The highest BCUT2D eigenvalue weighted by molar-refractivity contribution is 7.80. The molecular formula is C10H13N3S. The SMILES string of the molecule is CC(C)(CS)Nc1ccncc1C#N. The lowest BCUT2D eigenvalue weighted by Gasteiger charge is -2.25. The smallest absolute Gasteiger partial charge is 0.103 e. The highest BCUT2D eigenvalue weighted by Crippen LogP contribution is 2.18. The van der Waals surface area contributed by atoms with Crippen molar-refractivity contribution in [3.8, 4) is 6.07 Å². The Labute approximate surface area is 89.6 Å². The van der Waals surface area contributed by atoms with Crippen LogP contribution in [0.15, 0.2) is 18.5 Å². The molecule has 1 aromatic rings. The van der Waals surface area contributed by atoms with Crippen LogP contribution in [0.1, 0.15) is 19.4 Å². The van der Waals surface area contributed by atoms with Crippen LogP contribution in [0, 0.1) is 11.3 Å². The third kappa shape index (κ3) is 2.64. The largest absolute Gasteiger partial charge is 0.378 e. The first-order valence-corrected chi connectivity index (χ1v) is 4.95. The average molecular weight is 207 g/mol. The minimum Gasteiger partial charge on any atom is -0.378 e. The highest BCUT2D eigenvalue weighted by atomic mass is 32.1. The number of hydrogen-bond acceptors (Lipinski definition) is 4. The monoisotopic (exact) mass is 207 g/mol. The molecule has 0 amide bonds. The van der Waals surface area contributed by atoms with Gasteiger partial charge in [0, 0.05) is 23.7 Å². The van der Waals surface area contributed by atoms with Gasteiger partial charge in [-0.15, -0.1) is 0 Å². The third-order valence-corrected chi connectivity index (χ3v) is 2.60. The van der Waals surface area contributed by atoms with E-state index in [0.717, 1.165) is 5.69 Å². The maximum atomic E-state index is 8.84. The van der Waals surface area contributed by atoms with E-state index in [1.807, 2.05) is 13.8 Å². The number of rotatable bonds is 3. The van der Waals surface area contributed by atoms with Crippen molar-refractivity contribution in [2.24, 2.45) is 0 Å². The molecule has 1 aromatic heterocycles. The Kier molecular flexibility index (Phi) is 3.37. The van der Waals surface area contributed by atoms with Crippen molar-refractivity contribution in [2.75, 3.05) is 11.1 Å². The number of aromatic nitrogens is 1. The summed E-state index contributed by atoms with van der Waals surface area (Å²) < 4.78 is 0. The normalized spacial score (nSPS) is 10.7. The molecule has 0 bridgehead atoms. The van der Waals surface area contributed by atoms with Gasteiger partial charge in [0.15, 0.2) is 0 Å². The van der Waals surface area contributed by atoms with E-state index >= 15 is 0 Å². The van der Waals surface area contributed by atoms with Gasteiger partial charge in [-0.05, 0) is 19.9 Å². The van der Waals surface area contributed by atoms with Gasteiger partial charge in [0.25, 0.3) is 0 Å². The molecule has 0 saturated carbocycles. The molecule has 0 saturated heterocycles. The molecule has 1 heterocycles. The van der Waals surface area contributed by atoms with E-state index in [1.54, 1.807) is 18.5 Å². The molecule has 0 radical (unpaired) electrons. The van der Waals surface area contributed by atoms with Crippen LogP contribution >= 0.6 is 12.6 Å². The molecule has 0 aliphatic heterocycles. The van der Waals surface area contributed by atoms with Crippen molar-refractivity contribution in [3.05, 3.63) is 24.0 Å². The molecule has 0 unspecified atom stereocenters. The Morgan fingerprint density at radius 1 is 1.64 bits per heavy atom. The molecule has 14 heavy (non-hydrogen) atoms. The van der Waals surface area contributed by atoms with Crippen molar-refractivity contribution in [3.63, 3.8) is 0 Å². The zero-order valence-electron chi connectivity index (χ0n) is 8.28. The second kappa shape index (κ2) is 4.34. The summed E-state index contributed by atoms with van der Waals surface area (Å²) in [6.07, 6.45) is 3.22. The Morgan fingerprint density at radius 2 is 2.36 bits per heavy atom. The fourth-order valence-corrected chi connectivity index (χ4v) is 1.08.